The number of amides is 1. The SMILES string of the molecule is CC(=O)c1ccc(NC(=O)c2ccc(N3CCCC3)cc2)cc1. The minimum absolute atomic E-state index is 0.0142. The quantitative estimate of drug-likeness (QED) is 0.875. The molecule has 0 aliphatic carbocycles. The van der Waals surface area contributed by atoms with E-state index in [1.807, 2.05) is 24.3 Å². The minimum atomic E-state index is -0.145. The fourth-order valence-electron chi connectivity index (χ4n) is 2.79. The number of benzene rings is 2. The normalized spacial score (nSPS) is 13.9. The fraction of sp³-hybridized carbons (Fsp3) is 0.263. The Balaban J connectivity index is 1.66. The molecule has 3 rings (SSSR count). The molecule has 4 heteroatoms. The number of Topliss-reactive ketones (excluding diaryl/α,β-unsaturated/α-hetero) is 1. The summed E-state index contributed by atoms with van der Waals surface area (Å²) in [6, 6.07) is 14.6. The second-order valence-electron chi connectivity index (χ2n) is 5.83. The summed E-state index contributed by atoms with van der Waals surface area (Å²) in [7, 11) is 0. The summed E-state index contributed by atoms with van der Waals surface area (Å²) in [6.45, 7) is 3.71. The zero-order valence-electron chi connectivity index (χ0n) is 13.2. The van der Waals surface area contributed by atoms with E-state index in [1.54, 1.807) is 24.3 Å². The molecule has 1 amide bonds. The Morgan fingerprint density at radius 2 is 1.43 bits per heavy atom. The van der Waals surface area contributed by atoms with E-state index in [9.17, 15) is 9.59 Å². The molecule has 118 valence electrons. The number of carbonyl (C=O) groups excluding carboxylic acids is 2. The summed E-state index contributed by atoms with van der Waals surface area (Å²) < 4.78 is 0. The van der Waals surface area contributed by atoms with Gasteiger partial charge in [0.25, 0.3) is 5.91 Å². The number of rotatable bonds is 4. The van der Waals surface area contributed by atoms with Gasteiger partial charge >= 0.3 is 0 Å². The van der Waals surface area contributed by atoms with Crippen LogP contribution in [0.15, 0.2) is 48.5 Å². The van der Waals surface area contributed by atoms with Crippen molar-refractivity contribution in [1.29, 1.82) is 0 Å². The molecule has 2 aromatic rings. The Labute approximate surface area is 136 Å². The molecule has 1 aliphatic heterocycles. The second-order valence-corrected chi connectivity index (χ2v) is 5.83. The summed E-state index contributed by atoms with van der Waals surface area (Å²) >= 11 is 0. The van der Waals surface area contributed by atoms with Crippen LogP contribution >= 0.6 is 0 Å². The highest BCUT2D eigenvalue weighted by atomic mass is 16.1. The van der Waals surface area contributed by atoms with Gasteiger partial charge in [0.2, 0.25) is 0 Å². The first kappa shape index (κ1) is 15.3. The first-order valence-corrected chi connectivity index (χ1v) is 7.91. The zero-order chi connectivity index (χ0) is 16.2. The molecule has 0 radical (unpaired) electrons. The van der Waals surface area contributed by atoms with Crippen LogP contribution in [0.25, 0.3) is 0 Å². The summed E-state index contributed by atoms with van der Waals surface area (Å²) in [5.41, 5.74) is 3.12. The highest BCUT2D eigenvalue weighted by molar-refractivity contribution is 6.04. The highest BCUT2D eigenvalue weighted by Crippen LogP contribution is 2.21. The first-order chi connectivity index (χ1) is 11.1. The number of ketones is 1. The highest BCUT2D eigenvalue weighted by Gasteiger charge is 2.13. The molecular formula is C19H20N2O2. The lowest BCUT2D eigenvalue weighted by Crippen LogP contribution is -2.18. The van der Waals surface area contributed by atoms with E-state index >= 15 is 0 Å². The lowest BCUT2D eigenvalue weighted by molar-refractivity contribution is 0.101. The van der Waals surface area contributed by atoms with Gasteiger partial charge in [-0.2, -0.15) is 0 Å². The van der Waals surface area contributed by atoms with Crippen LogP contribution < -0.4 is 10.2 Å². The van der Waals surface area contributed by atoms with E-state index in [2.05, 4.69) is 10.2 Å². The maximum absolute atomic E-state index is 12.3. The standard InChI is InChI=1S/C19H20N2O2/c1-14(22)15-4-8-17(9-5-15)20-19(23)16-6-10-18(11-7-16)21-12-2-3-13-21/h4-11H,2-3,12-13H2,1H3,(H,20,23). The summed E-state index contributed by atoms with van der Waals surface area (Å²) in [5.74, 6) is -0.131. The average molecular weight is 308 g/mol. The minimum Gasteiger partial charge on any atom is -0.372 e. The molecule has 1 fully saturated rings. The third kappa shape index (κ3) is 3.59. The van der Waals surface area contributed by atoms with Gasteiger partial charge in [0, 0.05) is 35.6 Å². The lowest BCUT2D eigenvalue weighted by Gasteiger charge is -2.17. The molecule has 0 spiro atoms. The van der Waals surface area contributed by atoms with E-state index in [4.69, 9.17) is 0 Å². The van der Waals surface area contributed by atoms with Gasteiger partial charge in [-0.05, 0) is 68.3 Å². The average Bonchev–Trinajstić information content (AvgIpc) is 3.10. The molecule has 4 nitrogen and oxygen atoms in total. The number of nitrogens with one attached hydrogen (secondary N) is 1. The Hall–Kier alpha value is -2.62. The molecule has 1 heterocycles. The van der Waals surface area contributed by atoms with Gasteiger partial charge in [0.1, 0.15) is 0 Å². The Morgan fingerprint density at radius 3 is 2.00 bits per heavy atom. The van der Waals surface area contributed by atoms with E-state index in [-0.39, 0.29) is 11.7 Å². The van der Waals surface area contributed by atoms with Crippen LogP contribution in [0.2, 0.25) is 0 Å². The van der Waals surface area contributed by atoms with E-state index in [0.717, 1.165) is 13.1 Å². The van der Waals surface area contributed by atoms with Gasteiger partial charge in [-0.1, -0.05) is 0 Å². The van der Waals surface area contributed by atoms with Crippen LogP contribution in [0.5, 0.6) is 0 Å². The van der Waals surface area contributed by atoms with Crippen molar-refractivity contribution in [1.82, 2.24) is 0 Å². The van der Waals surface area contributed by atoms with Crippen molar-refractivity contribution < 1.29 is 9.59 Å². The van der Waals surface area contributed by atoms with Crippen molar-refractivity contribution in [3.63, 3.8) is 0 Å². The number of hydrogen-bond donors (Lipinski definition) is 1. The van der Waals surface area contributed by atoms with Crippen LogP contribution in [0.3, 0.4) is 0 Å². The van der Waals surface area contributed by atoms with Gasteiger partial charge in [0.15, 0.2) is 5.78 Å². The van der Waals surface area contributed by atoms with Crippen molar-refractivity contribution in [2.24, 2.45) is 0 Å². The maximum atomic E-state index is 12.3. The van der Waals surface area contributed by atoms with Crippen molar-refractivity contribution >= 4 is 23.1 Å². The van der Waals surface area contributed by atoms with Crippen LogP contribution in [-0.2, 0) is 0 Å². The fourth-order valence-corrected chi connectivity index (χ4v) is 2.79. The van der Waals surface area contributed by atoms with Crippen LogP contribution in [0, 0.1) is 0 Å². The smallest absolute Gasteiger partial charge is 0.255 e. The molecular weight excluding hydrogens is 288 g/mol. The topological polar surface area (TPSA) is 49.4 Å². The van der Waals surface area contributed by atoms with E-state index in [0.29, 0.717) is 16.8 Å². The molecule has 1 aliphatic rings. The van der Waals surface area contributed by atoms with Crippen molar-refractivity contribution in [3.05, 3.63) is 59.7 Å². The number of carbonyl (C=O) groups is 2. The molecule has 0 aromatic heterocycles. The summed E-state index contributed by atoms with van der Waals surface area (Å²) in [5, 5.41) is 2.85. The van der Waals surface area contributed by atoms with Gasteiger partial charge in [-0.15, -0.1) is 0 Å². The van der Waals surface area contributed by atoms with Gasteiger partial charge in [-0.3, -0.25) is 9.59 Å². The van der Waals surface area contributed by atoms with Crippen LogP contribution in [-0.4, -0.2) is 24.8 Å². The zero-order valence-corrected chi connectivity index (χ0v) is 13.2. The van der Waals surface area contributed by atoms with Crippen molar-refractivity contribution in [3.8, 4) is 0 Å². The molecule has 2 aromatic carbocycles. The summed E-state index contributed by atoms with van der Waals surface area (Å²) in [4.78, 5) is 25.9. The molecule has 1 N–H and O–H groups in total. The van der Waals surface area contributed by atoms with Crippen molar-refractivity contribution in [2.75, 3.05) is 23.3 Å². The first-order valence-electron chi connectivity index (χ1n) is 7.91. The number of nitrogens with zero attached hydrogens (tertiary/aromatic N) is 1. The third-order valence-electron chi connectivity index (χ3n) is 4.15. The predicted octanol–water partition coefficient (Wildman–Crippen LogP) is 3.74. The maximum Gasteiger partial charge on any atom is 0.255 e. The van der Waals surface area contributed by atoms with E-state index in [1.165, 1.54) is 25.5 Å². The predicted molar refractivity (Wildman–Crippen MR) is 92.3 cm³/mol. The van der Waals surface area contributed by atoms with Crippen LogP contribution in [0.4, 0.5) is 11.4 Å². The number of anilines is 2. The summed E-state index contributed by atoms with van der Waals surface area (Å²) in [6.07, 6.45) is 2.47. The molecule has 0 unspecified atom stereocenters. The number of hydrogen-bond acceptors (Lipinski definition) is 3. The van der Waals surface area contributed by atoms with Gasteiger partial charge in [-0.25, -0.2) is 0 Å². The van der Waals surface area contributed by atoms with E-state index < -0.39 is 0 Å². The Kier molecular flexibility index (Phi) is 4.42. The van der Waals surface area contributed by atoms with Gasteiger partial charge in [0.05, 0.1) is 0 Å². The van der Waals surface area contributed by atoms with Crippen LogP contribution in [0.1, 0.15) is 40.5 Å². The molecule has 23 heavy (non-hydrogen) atoms. The lowest BCUT2D eigenvalue weighted by atomic mass is 10.1. The van der Waals surface area contributed by atoms with Crippen molar-refractivity contribution in [2.45, 2.75) is 19.8 Å². The Bertz CT molecular complexity index is 699. The monoisotopic (exact) mass is 308 g/mol. The van der Waals surface area contributed by atoms with Gasteiger partial charge < -0.3 is 10.2 Å². The molecule has 0 bridgehead atoms. The Morgan fingerprint density at radius 1 is 0.870 bits per heavy atom. The second kappa shape index (κ2) is 6.65. The molecule has 1 saturated heterocycles. The third-order valence-corrected chi connectivity index (χ3v) is 4.15. The molecule has 0 atom stereocenters. The largest absolute Gasteiger partial charge is 0.372 e. The molecule has 0 saturated carbocycles.